The molecule has 4 rings (SSSR count). The molecule has 0 aromatic rings. The minimum atomic E-state index is -0.661. The molecular formula is C14H20O2. The zero-order valence-electron chi connectivity index (χ0n) is 9.86. The van der Waals surface area contributed by atoms with E-state index in [2.05, 4.69) is 0 Å². The summed E-state index contributed by atoms with van der Waals surface area (Å²) in [5.41, 5.74) is -0.661. The van der Waals surface area contributed by atoms with Crippen LogP contribution < -0.4 is 0 Å². The maximum absolute atomic E-state index is 12.1. The lowest BCUT2D eigenvalue weighted by atomic mass is 9.49. The van der Waals surface area contributed by atoms with Crippen LogP contribution in [0, 0.1) is 23.7 Å². The Morgan fingerprint density at radius 3 is 2.38 bits per heavy atom. The van der Waals surface area contributed by atoms with Crippen LogP contribution in [-0.4, -0.2) is 16.5 Å². The summed E-state index contributed by atoms with van der Waals surface area (Å²) in [5, 5.41) is 10.7. The van der Waals surface area contributed by atoms with Crippen LogP contribution in [0.5, 0.6) is 0 Å². The molecule has 0 heterocycles. The number of allylic oxidation sites excluding steroid dienone is 2. The lowest BCUT2D eigenvalue weighted by Gasteiger charge is -2.58. The second-order valence-corrected chi connectivity index (χ2v) is 6.09. The van der Waals surface area contributed by atoms with Crippen molar-refractivity contribution in [2.45, 2.75) is 44.6 Å². The first-order chi connectivity index (χ1) is 7.62. The van der Waals surface area contributed by atoms with Crippen molar-refractivity contribution in [3.63, 3.8) is 0 Å². The fourth-order valence-corrected chi connectivity index (χ4v) is 4.76. The highest BCUT2D eigenvalue weighted by atomic mass is 16.3. The zero-order valence-corrected chi connectivity index (χ0v) is 9.86. The molecule has 4 bridgehead atoms. The topological polar surface area (TPSA) is 37.3 Å². The monoisotopic (exact) mass is 220 g/mol. The zero-order chi connectivity index (χ0) is 11.3. The van der Waals surface area contributed by atoms with Gasteiger partial charge in [-0.25, -0.2) is 0 Å². The van der Waals surface area contributed by atoms with Crippen molar-refractivity contribution < 1.29 is 9.90 Å². The molecule has 0 radical (unpaired) electrons. The summed E-state index contributed by atoms with van der Waals surface area (Å²) in [6.07, 6.45) is 8.84. The van der Waals surface area contributed by atoms with E-state index in [4.69, 9.17) is 0 Å². The average molecular weight is 220 g/mol. The smallest absolute Gasteiger partial charge is 0.161 e. The molecule has 2 heteroatoms. The molecule has 1 N–H and O–H groups in total. The van der Waals surface area contributed by atoms with Crippen molar-refractivity contribution in [2.75, 3.05) is 0 Å². The lowest BCUT2D eigenvalue weighted by Crippen LogP contribution is -2.59. The third-order valence-corrected chi connectivity index (χ3v) is 4.91. The van der Waals surface area contributed by atoms with Gasteiger partial charge in [-0.2, -0.15) is 0 Å². The van der Waals surface area contributed by atoms with Crippen LogP contribution in [0.4, 0.5) is 0 Å². The number of carbonyl (C=O) groups excluding carboxylic acids is 1. The minimum Gasteiger partial charge on any atom is -0.389 e. The van der Waals surface area contributed by atoms with Gasteiger partial charge in [-0.1, -0.05) is 6.08 Å². The van der Waals surface area contributed by atoms with Gasteiger partial charge in [-0.15, -0.1) is 0 Å². The number of hydrogen-bond donors (Lipinski definition) is 1. The van der Waals surface area contributed by atoms with Crippen molar-refractivity contribution in [1.29, 1.82) is 0 Å². The first-order valence-electron chi connectivity index (χ1n) is 6.51. The first-order valence-corrected chi connectivity index (χ1v) is 6.51. The van der Waals surface area contributed by atoms with Gasteiger partial charge in [0.25, 0.3) is 0 Å². The number of hydrogen-bond acceptors (Lipinski definition) is 2. The maximum Gasteiger partial charge on any atom is 0.161 e. The minimum absolute atomic E-state index is 0.100. The second kappa shape index (κ2) is 3.43. The standard InChI is InChI=1S/C14H20O2/c1-2-3-12(15)13-11-5-9-4-10(6-11)8-14(13,16)7-9/h2-3,9-11,13,16H,4-8H2,1H3. The SMILES string of the molecule is CC=CC(=O)C1C2CC3CC(C2)CC1(O)C3. The molecule has 88 valence electrons. The van der Waals surface area contributed by atoms with Crippen molar-refractivity contribution >= 4 is 5.78 Å². The Morgan fingerprint density at radius 1 is 1.25 bits per heavy atom. The number of carbonyl (C=O) groups is 1. The molecule has 0 aromatic heterocycles. The van der Waals surface area contributed by atoms with Crippen molar-refractivity contribution in [3.8, 4) is 0 Å². The number of aliphatic hydroxyl groups is 1. The Kier molecular flexibility index (Phi) is 2.25. The third kappa shape index (κ3) is 1.39. The molecule has 0 amide bonds. The van der Waals surface area contributed by atoms with E-state index in [-0.39, 0.29) is 11.7 Å². The molecule has 0 aliphatic heterocycles. The van der Waals surface area contributed by atoms with Crippen molar-refractivity contribution in [1.82, 2.24) is 0 Å². The van der Waals surface area contributed by atoms with Gasteiger partial charge in [0.15, 0.2) is 5.78 Å². The molecule has 3 unspecified atom stereocenters. The lowest BCUT2D eigenvalue weighted by molar-refractivity contribution is -0.176. The van der Waals surface area contributed by atoms with Crippen molar-refractivity contribution in [2.24, 2.45) is 23.7 Å². The average Bonchev–Trinajstić information content (AvgIpc) is 2.14. The molecule has 0 saturated heterocycles. The van der Waals surface area contributed by atoms with Crippen LogP contribution in [0.15, 0.2) is 12.2 Å². The molecule has 4 fully saturated rings. The van der Waals surface area contributed by atoms with Crippen LogP contribution >= 0.6 is 0 Å². The Labute approximate surface area is 96.7 Å². The number of rotatable bonds is 2. The predicted molar refractivity (Wildman–Crippen MR) is 61.8 cm³/mol. The van der Waals surface area contributed by atoms with E-state index in [1.807, 2.05) is 6.92 Å². The molecule has 0 spiro atoms. The van der Waals surface area contributed by atoms with Gasteiger partial charge < -0.3 is 5.11 Å². The van der Waals surface area contributed by atoms with Gasteiger partial charge in [0, 0.05) is 0 Å². The fourth-order valence-electron chi connectivity index (χ4n) is 4.76. The van der Waals surface area contributed by atoms with Gasteiger partial charge >= 0.3 is 0 Å². The summed E-state index contributed by atoms with van der Waals surface area (Å²) >= 11 is 0. The largest absolute Gasteiger partial charge is 0.389 e. The molecular weight excluding hydrogens is 200 g/mol. The molecule has 16 heavy (non-hydrogen) atoms. The van der Waals surface area contributed by atoms with Gasteiger partial charge in [-0.05, 0) is 62.9 Å². The summed E-state index contributed by atoms with van der Waals surface area (Å²) in [7, 11) is 0. The van der Waals surface area contributed by atoms with Crippen LogP contribution in [0.3, 0.4) is 0 Å². The van der Waals surface area contributed by atoms with E-state index >= 15 is 0 Å². The molecule has 2 nitrogen and oxygen atoms in total. The summed E-state index contributed by atoms with van der Waals surface area (Å²) in [6.45, 7) is 1.87. The van der Waals surface area contributed by atoms with E-state index in [0.29, 0.717) is 17.8 Å². The fraction of sp³-hybridized carbons (Fsp3) is 0.786. The Hall–Kier alpha value is -0.630. The second-order valence-electron chi connectivity index (χ2n) is 6.09. The molecule has 4 aliphatic carbocycles. The summed E-state index contributed by atoms with van der Waals surface area (Å²) in [5.74, 6) is 1.90. The predicted octanol–water partition coefficient (Wildman–Crippen LogP) is 2.32. The Bertz CT molecular complexity index is 331. The number of ketones is 1. The first kappa shape index (κ1) is 10.5. The summed E-state index contributed by atoms with van der Waals surface area (Å²) < 4.78 is 0. The quantitative estimate of drug-likeness (QED) is 0.725. The van der Waals surface area contributed by atoms with E-state index in [1.54, 1.807) is 12.2 Å². The van der Waals surface area contributed by atoms with Crippen molar-refractivity contribution in [3.05, 3.63) is 12.2 Å². The Morgan fingerprint density at radius 2 is 1.88 bits per heavy atom. The van der Waals surface area contributed by atoms with Crippen LogP contribution in [0.1, 0.15) is 39.0 Å². The highest BCUT2D eigenvalue weighted by Gasteiger charge is 2.58. The highest BCUT2D eigenvalue weighted by molar-refractivity contribution is 5.93. The van der Waals surface area contributed by atoms with E-state index in [1.165, 1.54) is 19.3 Å². The van der Waals surface area contributed by atoms with Crippen LogP contribution in [-0.2, 0) is 4.79 Å². The molecule has 4 saturated carbocycles. The third-order valence-electron chi connectivity index (χ3n) is 4.91. The normalized spacial score (nSPS) is 50.1. The highest BCUT2D eigenvalue weighted by Crippen LogP contribution is 2.58. The summed E-state index contributed by atoms with van der Waals surface area (Å²) in [6, 6.07) is 0. The van der Waals surface area contributed by atoms with Gasteiger partial charge in [0.1, 0.15) is 0 Å². The van der Waals surface area contributed by atoms with E-state index in [9.17, 15) is 9.90 Å². The van der Waals surface area contributed by atoms with Crippen LogP contribution in [0.2, 0.25) is 0 Å². The Balaban J connectivity index is 1.91. The molecule has 4 aliphatic rings. The van der Waals surface area contributed by atoms with E-state index < -0.39 is 5.60 Å². The maximum atomic E-state index is 12.1. The molecule has 3 atom stereocenters. The van der Waals surface area contributed by atoms with Gasteiger partial charge in [0.2, 0.25) is 0 Å². The summed E-state index contributed by atoms with van der Waals surface area (Å²) in [4.78, 5) is 12.1. The van der Waals surface area contributed by atoms with Crippen LogP contribution in [0.25, 0.3) is 0 Å². The van der Waals surface area contributed by atoms with Gasteiger partial charge in [-0.3, -0.25) is 4.79 Å². The van der Waals surface area contributed by atoms with Gasteiger partial charge in [0.05, 0.1) is 11.5 Å². The molecule has 0 aromatic carbocycles. The van der Waals surface area contributed by atoms with E-state index in [0.717, 1.165) is 12.8 Å².